The number of hydrogen-bond donors (Lipinski definition) is 2. The lowest BCUT2D eigenvalue weighted by Crippen LogP contribution is -2.12. The predicted molar refractivity (Wildman–Crippen MR) is 104 cm³/mol. The van der Waals surface area contributed by atoms with Crippen LogP contribution in [0.25, 0.3) is 0 Å². The van der Waals surface area contributed by atoms with Crippen molar-refractivity contribution in [1.82, 2.24) is 4.98 Å². The fourth-order valence-corrected chi connectivity index (χ4v) is 2.62. The molecule has 0 saturated carbocycles. The van der Waals surface area contributed by atoms with Gasteiger partial charge in [0.1, 0.15) is 5.75 Å². The van der Waals surface area contributed by atoms with Crippen molar-refractivity contribution in [2.75, 3.05) is 17.7 Å². The van der Waals surface area contributed by atoms with Crippen molar-refractivity contribution >= 4 is 23.0 Å². The van der Waals surface area contributed by atoms with Gasteiger partial charge in [0.25, 0.3) is 5.91 Å². The molecule has 1 heterocycles. The first-order valence-corrected chi connectivity index (χ1v) is 8.30. The highest BCUT2D eigenvalue weighted by molar-refractivity contribution is 6.04. The van der Waals surface area contributed by atoms with E-state index in [2.05, 4.69) is 28.6 Å². The zero-order valence-corrected chi connectivity index (χ0v) is 15.0. The number of methoxy groups -OCH3 is 1. The average Bonchev–Trinajstić information content (AvgIpc) is 2.65. The van der Waals surface area contributed by atoms with Crippen LogP contribution < -0.4 is 15.4 Å². The van der Waals surface area contributed by atoms with E-state index in [1.165, 1.54) is 5.56 Å². The summed E-state index contributed by atoms with van der Waals surface area (Å²) in [6.07, 6.45) is 3.25. The molecule has 2 N–H and O–H groups in total. The van der Waals surface area contributed by atoms with Gasteiger partial charge in [0.2, 0.25) is 0 Å². The molecule has 0 spiro atoms. The van der Waals surface area contributed by atoms with E-state index in [1.807, 2.05) is 19.1 Å². The summed E-state index contributed by atoms with van der Waals surface area (Å²) in [6, 6.07) is 15.1. The maximum Gasteiger partial charge on any atom is 0.257 e. The topological polar surface area (TPSA) is 63.2 Å². The number of aryl methyl sites for hydroxylation is 2. The summed E-state index contributed by atoms with van der Waals surface area (Å²) < 4.78 is 5.12. The van der Waals surface area contributed by atoms with Gasteiger partial charge in [0.15, 0.2) is 0 Å². The third-order valence-corrected chi connectivity index (χ3v) is 4.01. The Hall–Kier alpha value is -3.34. The predicted octanol–water partition coefficient (Wildman–Crippen LogP) is 4.70. The zero-order chi connectivity index (χ0) is 18.5. The molecule has 0 radical (unpaired) electrons. The minimum absolute atomic E-state index is 0.216. The van der Waals surface area contributed by atoms with E-state index in [4.69, 9.17) is 4.74 Å². The van der Waals surface area contributed by atoms with Crippen LogP contribution in [-0.4, -0.2) is 18.0 Å². The lowest BCUT2D eigenvalue weighted by molar-refractivity contribution is 0.102. The molecule has 5 nitrogen and oxygen atoms in total. The Bertz CT molecular complexity index is 921. The molecule has 0 aliphatic carbocycles. The number of carbonyl (C=O) groups excluding carboxylic acids is 1. The number of ether oxygens (including phenoxy) is 1. The summed E-state index contributed by atoms with van der Waals surface area (Å²) >= 11 is 0. The molecule has 0 atom stereocenters. The largest absolute Gasteiger partial charge is 0.497 e. The summed E-state index contributed by atoms with van der Waals surface area (Å²) in [5.74, 6) is 0.524. The van der Waals surface area contributed by atoms with Gasteiger partial charge in [-0.1, -0.05) is 17.7 Å². The minimum atomic E-state index is -0.216. The lowest BCUT2D eigenvalue weighted by Gasteiger charge is -2.11. The van der Waals surface area contributed by atoms with Crippen LogP contribution >= 0.6 is 0 Å². The van der Waals surface area contributed by atoms with Gasteiger partial charge in [-0.05, 0) is 55.8 Å². The van der Waals surface area contributed by atoms with Crippen molar-refractivity contribution in [3.05, 3.63) is 77.6 Å². The van der Waals surface area contributed by atoms with E-state index >= 15 is 0 Å². The van der Waals surface area contributed by atoms with Crippen LogP contribution in [0.1, 0.15) is 21.5 Å². The molecule has 0 bridgehead atoms. The third-order valence-electron chi connectivity index (χ3n) is 4.01. The van der Waals surface area contributed by atoms with Gasteiger partial charge < -0.3 is 15.4 Å². The summed E-state index contributed by atoms with van der Waals surface area (Å²) in [7, 11) is 1.60. The van der Waals surface area contributed by atoms with E-state index in [-0.39, 0.29) is 5.91 Å². The number of nitrogens with one attached hydrogen (secondary N) is 2. The Balaban J connectivity index is 1.74. The van der Waals surface area contributed by atoms with Gasteiger partial charge in [-0.2, -0.15) is 0 Å². The maximum absolute atomic E-state index is 12.5. The molecule has 3 rings (SSSR count). The van der Waals surface area contributed by atoms with Crippen LogP contribution in [0.3, 0.4) is 0 Å². The smallest absolute Gasteiger partial charge is 0.257 e. The molecule has 0 saturated heterocycles. The van der Waals surface area contributed by atoms with Crippen molar-refractivity contribution in [3.8, 4) is 5.75 Å². The highest BCUT2D eigenvalue weighted by Crippen LogP contribution is 2.22. The lowest BCUT2D eigenvalue weighted by atomic mass is 10.1. The number of benzene rings is 2. The molecule has 26 heavy (non-hydrogen) atoms. The highest BCUT2D eigenvalue weighted by atomic mass is 16.5. The van der Waals surface area contributed by atoms with Crippen LogP contribution in [0.4, 0.5) is 17.1 Å². The number of aromatic nitrogens is 1. The molecular formula is C21H21N3O2. The monoisotopic (exact) mass is 347 g/mol. The average molecular weight is 347 g/mol. The zero-order valence-electron chi connectivity index (χ0n) is 15.0. The van der Waals surface area contributed by atoms with E-state index < -0.39 is 0 Å². The first kappa shape index (κ1) is 17.5. The molecule has 3 aromatic rings. The number of nitrogens with zero attached hydrogens (tertiary/aromatic N) is 1. The van der Waals surface area contributed by atoms with Crippen LogP contribution in [0, 0.1) is 13.8 Å². The number of pyridine rings is 1. The van der Waals surface area contributed by atoms with Gasteiger partial charge in [-0.25, -0.2) is 0 Å². The number of hydrogen-bond acceptors (Lipinski definition) is 4. The second kappa shape index (κ2) is 7.70. The molecule has 0 unspecified atom stereocenters. The summed E-state index contributed by atoms with van der Waals surface area (Å²) in [5.41, 5.74) is 5.28. The number of anilines is 3. The van der Waals surface area contributed by atoms with Gasteiger partial charge in [-0.3, -0.25) is 9.78 Å². The standard InChI is InChI=1S/C21H21N3O2/c1-14-4-9-20(15(2)10-14)23-18-11-16(12-22-13-18)21(25)24-17-5-7-19(26-3)8-6-17/h4-13,23H,1-3H3,(H,24,25). The van der Waals surface area contributed by atoms with E-state index in [0.717, 1.165) is 22.7 Å². The fraction of sp³-hybridized carbons (Fsp3) is 0.143. The molecule has 0 aliphatic heterocycles. The molecule has 5 heteroatoms. The van der Waals surface area contributed by atoms with Gasteiger partial charge in [-0.15, -0.1) is 0 Å². The Morgan fingerprint density at radius 1 is 0.962 bits per heavy atom. The van der Waals surface area contributed by atoms with Crippen molar-refractivity contribution in [3.63, 3.8) is 0 Å². The number of rotatable bonds is 5. The van der Waals surface area contributed by atoms with Crippen molar-refractivity contribution < 1.29 is 9.53 Å². The van der Waals surface area contributed by atoms with Crippen LogP contribution in [0.5, 0.6) is 5.75 Å². The Morgan fingerprint density at radius 2 is 1.73 bits per heavy atom. The Labute approximate surface area is 153 Å². The van der Waals surface area contributed by atoms with Crippen molar-refractivity contribution in [2.24, 2.45) is 0 Å². The van der Waals surface area contributed by atoms with E-state index in [0.29, 0.717) is 11.3 Å². The Kier molecular flexibility index (Phi) is 5.17. The number of carbonyl (C=O) groups is 1. The molecule has 0 aliphatic rings. The molecule has 1 aromatic heterocycles. The Morgan fingerprint density at radius 3 is 2.42 bits per heavy atom. The first-order valence-electron chi connectivity index (χ1n) is 8.30. The summed E-state index contributed by atoms with van der Waals surface area (Å²) in [4.78, 5) is 16.6. The van der Waals surface area contributed by atoms with Crippen molar-refractivity contribution in [2.45, 2.75) is 13.8 Å². The van der Waals surface area contributed by atoms with Crippen LogP contribution in [0.2, 0.25) is 0 Å². The quantitative estimate of drug-likeness (QED) is 0.702. The van der Waals surface area contributed by atoms with Crippen molar-refractivity contribution in [1.29, 1.82) is 0 Å². The second-order valence-corrected chi connectivity index (χ2v) is 6.09. The molecule has 132 valence electrons. The van der Waals surface area contributed by atoms with E-state index in [9.17, 15) is 4.79 Å². The van der Waals surface area contributed by atoms with Gasteiger partial charge in [0, 0.05) is 17.6 Å². The number of amides is 1. The van der Waals surface area contributed by atoms with Gasteiger partial charge in [0.05, 0.1) is 24.6 Å². The van der Waals surface area contributed by atoms with Gasteiger partial charge >= 0.3 is 0 Å². The van der Waals surface area contributed by atoms with Crippen LogP contribution in [-0.2, 0) is 0 Å². The first-order chi connectivity index (χ1) is 12.5. The molecule has 2 aromatic carbocycles. The second-order valence-electron chi connectivity index (χ2n) is 6.09. The van der Waals surface area contributed by atoms with Crippen LogP contribution in [0.15, 0.2) is 60.9 Å². The molecule has 0 fully saturated rings. The summed E-state index contributed by atoms with van der Waals surface area (Å²) in [6.45, 7) is 4.10. The highest BCUT2D eigenvalue weighted by Gasteiger charge is 2.08. The summed E-state index contributed by atoms with van der Waals surface area (Å²) in [5, 5.41) is 6.17. The SMILES string of the molecule is COc1ccc(NC(=O)c2cncc(Nc3ccc(C)cc3C)c2)cc1. The van der Waals surface area contributed by atoms with E-state index in [1.54, 1.807) is 49.8 Å². The third kappa shape index (κ3) is 4.19. The normalized spacial score (nSPS) is 10.3. The molecular weight excluding hydrogens is 326 g/mol. The fourth-order valence-electron chi connectivity index (χ4n) is 2.62. The maximum atomic E-state index is 12.5. The molecule has 1 amide bonds. The minimum Gasteiger partial charge on any atom is -0.497 e.